The number of hydrogen-bond acceptors (Lipinski definition) is 4. The maximum Gasteiger partial charge on any atom is 0.324 e. The van der Waals surface area contributed by atoms with Gasteiger partial charge in [0.25, 0.3) is 5.91 Å². The minimum Gasteiger partial charge on any atom is -0.484 e. The summed E-state index contributed by atoms with van der Waals surface area (Å²) in [4.78, 5) is 35.0. The Bertz CT molecular complexity index is 527. The lowest BCUT2D eigenvalue weighted by Gasteiger charge is -2.13. The lowest BCUT2D eigenvalue weighted by Crippen LogP contribution is -2.37. The lowest BCUT2D eigenvalue weighted by atomic mass is 10.3. The van der Waals surface area contributed by atoms with Crippen molar-refractivity contribution in [2.45, 2.75) is 6.92 Å². The molecular formula is C13H15N3O4. The minimum atomic E-state index is -0.389. The van der Waals surface area contributed by atoms with Crippen LogP contribution in [0.5, 0.6) is 5.75 Å². The summed E-state index contributed by atoms with van der Waals surface area (Å²) in [7, 11) is 0. The van der Waals surface area contributed by atoms with Gasteiger partial charge < -0.3 is 15.4 Å². The number of hydrogen-bond donors (Lipinski definition) is 2. The van der Waals surface area contributed by atoms with E-state index in [2.05, 4.69) is 10.6 Å². The fourth-order valence-electron chi connectivity index (χ4n) is 1.77. The molecule has 0 aliphatic carbocycles. The molecule has 2 N–H and O–H groups in total. The number of rotatable bonds is 4. The summed E-state index contributed by atoms with van der Waals surface area (Å²) in [6, 6.07) is 6.23. The van der Waals surface area contributed by atoms with Gasteiger partial charge in [-0.15, -0.1) is 0 Å². The number of carbonyl (C=O) groups is 3. The summed E-state index contributed by atoms with van der Waals surface area (Å²) in [6.45, 7) is 2.05. The first-order valence-corrected chi connectivity index (χ1v) is 6.15. The molecule has 0 saturated carbocycles. The van der Waals surface area contributed by atoms with E-state index in [1.165, 1.54) is 6.92 Å². The predicted octanol–water partition coefficient (Wildman–Crippen LogP) is 0.576. The van der Waals surface area contributed by atoms with Crippen LogP contribution in [0.4, 0.5) is 10.5 Å². The summed E-state index contributed by atoms with van der Waals surface area (Å²) < 4.78 is 5.30. The molecule has 7 nitrogen and oxygen atoms in total. The molecule has 20 heavy (non-hydrogen) atoms. The van der Waals surface area contributed by atoms with Crippen molar-refractivity contribution < 1.29 is 19.1 Å². The van der Waals surface area contributed by atoms with Crippen LogP contribution in [-0.2, 0) is 9.59 Å². The van der Waals surface area contributed by atoms with E-state index in [1.54, 1.807) is 24.3 Å². The van der Waals surface area contributed by atoms with Gasteiger partial charge in [-0.25, -0.2) is 4.79 Å². The van der Waals surface area contributed by atoms with E-state index in [4.69, 9.17) is 4.74 Å². The molecule has 7 heteroatoms. The van der Waals surface area contributed by atoms with Gasteiger partial charge in [0.2, 0.25) is 5.91 Å². The van der Waals surface area contributed by atoms with Crippen LogP contribution in [0.15, 0.2) is 24.3 Å². The van der Waals surface area contributed by atoms with Crippen LogP contribution in [0.2, 0.25) is 0 Å². The molecule has 0 spiro atoms. The number of anilines is 1. The fraction of sp³-hybridized carbons (Fsp3) is 0.308. The van der Waals surface area contributed by atoms with Crippen LogP contribution in [0, 0.1) is 0 Å². The molecule has 0 atom stereocenters. The minimum absolute atomic E-state index is 0.158. The first-order valence-electron chi connectivity index (χ1n) is 6.15. The van der Waals surface area contributed by atoms with Crippen molar-refractivity contribution in [3.05, 3.63) is 24.3 Å². The molecule has 1 aliphatic rings. The Morgan fingerprint density at radius 3 is 2.60 bits per heavy atom. The summed E-state index contributed by atoms with van der Waals surface area (Å²) in [6.07, 6.45) is 0. The maximum absolute atomic E-state index is 11.7. The van der Waals surface area contributed by atoms with Crippen molar-refractivity contribution in [1.82, 2.24) is 10.2 Å². The topological polar surface area (TPSA) is 87.7 Å². The average Bonchev–Trinajstić information content (AvgIpc) is 2.83. The van der Waals surface area contributed by atoms with Gasteiger partial charge in [0.05, 0.1) is 0 Å². The molecule has 2 rings (SSSR count). The first kappa shape index (κ1) is 13.9. The molecule has 4 amide bonds. The van der Waals surface area contributed by atoms with E-state index in [1.807, 2.05) is 0 Å². The van der Waals surface area contributed by atoms with Crippen molar-refractivity contribution in [2.24, 2.45) is 0 Å². The molecule has 1 aromatic rings. The average molecular weight is 277 g/mol. The zero-order chi connectivity index (χ0) is 14.5. The van der Waals surface area contributed by atoms with Crippen molar-refractivity contribution in [2.75, 3.05) is 25.0 Å². The smallest absolute Gasteiger partial charge is 0.324 e. The zero-order valence-corrected chi connectivity index (χ0v) is 11.0. The summed E-state index contributed by atoms with van der Waals surface area (Å²) in [5.74, 6) is -0.0492. The lowest BCUT2D eigenvalue weighted by molar-refractivity contribution is -0.129. The van der Waals surface area contributed by atoms with Crippen LogP contribution in [0.1, 0.15) is 6.92 Å². The van der Waals surface area contributed by atoms with Crippen LogP contribution in [-0.4, -0.2) is 42.4 Å². The highest BCUT2D eigenvalue weighted by Crippen LogP contribution is 2.15. The Morgan fingerprint density at radius 2 is 2.05 bits per heavy atom. The van der Waals surface area contributed by atoms with Gasteiger partial charge in [0.1, 0.15) is 5.75 Å². The van der Waals surface area contributed by atoms with Crippen LogP contribution in [0.25, 0.3) is 0 Å². The van der Waals surface area contributed by atoms with Gasteiger partial charge >= 0.3 is 6.03 Å². The normalized spacial score (nSPS) is 13.8. The van der Waals surface area contributed by atoms with E-state index in [-0.39, 0.29) is 24.5 Å². The SMILES string of the molecule is CC(=O)Nc1ccc(OCC(=O)N2CCNC2=O)cc1. The van der Waals surface area contributed by atoms with E-state index < -0.39 is 0 Å². The van der Waals surface area contributed by atoms with E-state index in [9.17, 15) is 14.4 Å². The maximum atomic E-state index is 11.7. The number of urea groups is 1. The van der Waals surface area contributed by atoms with Crippen LogP contribution < -0.4 is 15.4 Å². The third kappa shape index (κ3) is 3.47. The zero-order valence-electron chi connectivity index (χ0n) is 11.0. The van der Waals surface area contributed by atoms with Crippen molar-refractivity contribution in [3.8, 4) is 5.75 Å². The second-order valence-electron chi connectivity index (χ2n) is 4.27. The highest BCUT2D eigenvalue weighted by atomic mass is 16.5. The number of ether oxygens (including phenoxy) is 1. The molecular weight excluding hydrogens is 262 g/mol. The molecule has 0 radical (unpaired) electrons. The van der Waals surface area contributed by atoms with E-state index >= 15 is 0 Å². The first-order chi connectivity index (χ1) is 9.56. The Balaban J connectivity index is 1.86. The third-order valence-corrected chi connectivity index (χ3v) is 2.69. The van der Waals surface area contributed by atoms with Crippen molar-refractivity contribution >= 4 is 23.5 Å². The van der Waals surface area contributed by atoms with Gasteiger partial charge in [-0.3, -0.25) is 14.5 Å². The molecule has 0 bridgehead atoms. The number of nitrogens with one attached hydrogen (secondary N) is 2. The van der Waals surface area contributed by atoms with Crippen molar-refractivity contribution in [3.63, 3.8) is 0 Å². The van der Waals surface area contributed by atoms with Gasteiger partial charge in [0, 0.05) is 25.7 Å². The monoisotopic (exact) mass is 277 g/mol. The highest BCUT2D eigenvalue weighted by Gasteiger charge is 2.26. The molecule has 1 heterocycles. The molecule has 0 aromatic heterocycles. The molecule has 1 aliphatic heterocycles. The van der Waals surface area contributed by atoms with E-state index in [0.29, 0.717) is 24.5 Å². The number of amides is 4. The molecule has 1 aromatic carbocycles. The second-order valence-corrected chi connectivity index (χ2v) is 4.27. The highest BCUT2D eigenvalue weighted by molar-refractivity contribution is 5.96. The largest absolute Gasteiger partial charge is 0.484 e. The number of imide groups is 1. The fourth-order valence-corrected chi connectivity index (χ4v) is 1.77. The number of benzene rings is 1. The Kier molecular flexibility index (Phi) is 4.19. The Labute approximate surface area is 115 Å². The van der Waals surface area contributed by atoms with E-state index in [0.717, 1.165) is 4.90 Å². The van der Waals surface area contributed by atoms with Gasteiger partial charge in [0.15, 0.2) is 6.61 Å². The van der Waals surface area contributed by atoms with Crippen LogP contribution in [0.3, 0.4) is 0 Å². The molecule has 1 saturated heterocycles. The van der Waals surface area contributed by atoms with Gasteiger partial charge in [-0.1, -0.05) is 0 Å². The molecule has 106 valence electrons. The predicted molar refractivity (Wildman–Crippen MR) is 71.4 cm³/mol. The third-order valence-electron chi connectivity index (χ3n) is 2.69. The standard InChI is InChI=1S/C13H15N3O4/c1-9(17)15-10-2-4-11(5-3-10)20-8-12(18)16-7-6-14-13(16)19/h2-5H,6-8H2,1H3,(H,14,19)(H,15,17). The molecule has 0 unspecified atom stereocenters. The Morgan fingerprint density at radius 1 is 1.35 bits per heavy atom. The van der Waals surface area contributed by atoms with Gasteiger partial charge in [-0.2, -0.15) is 0 Å². The Hall–Kier alpha value is -2.57. The van der Waals surface area contributed by atoms with Gasteiger partial charge in [-0.05, 0) is 24.3 Å². The quantitative estimate of drug-likeness (QED) is 0.842. The van der Waals surface area contributed by atoms with Crippen LogP contribution >= 0.6 is 0 Å². The summed E-state index contributed by atoms with van der Waals surface area (Å²) >= 11 is 0. The molecule has 1 fully saturated rings. The number of nitrogens with zero attached hydrogens (tertiary/aromatic N) is 1. The number of carbonyl (C=O) groups excluding carboxylic acids is 3. The summed E-state index contributed by atoms with van der Waals surface area (Å²) in [5, 5.41) is 5.17. The second kappa shape index (κ2) is 6.05. The van der Waals surface area contributed by atoms with Crippen molar-refractivity contribution in [1.29, 1.82) is 0 Å². The summed E-state index contributed by atoms with van der Waals surface area (Å²) in [5.41, 5.74) is 0.648.